The van der Waals surface area contributed by atoms with Crippen LogP contribution in [0.3, 0.4) is 0 Å². The second-order valence-corrected chi connectivity index (χ2v) is 8.56. The van der Waals surface area contributed by atoms with Crippen molar-refractivity contribution in [1.82, 2.24) is 30.0 Å². The summed E-state index contributed by atoms with van der Waals surface area (Å²) in [4.78, 5) is 24.3. The molecule has 156 valence electrons. The van der Waals surface area contributed by atoms with E-state index in [1.165, 1.54) is 18.4 Å². The fraction of sp³-hybridized carbons (Fsp3) is 0.636. The molecule has 1 N–H and O–H groups in total. The van der Waals surface area contributed by atoms with E-state index >= 15 is 0 Å². The second-order valence-electron chi connectivity index (χ2n) is 8.56. The Bertz CT molecular complexity index is 899. The van der Waals surface area contributed by atoms with Gasteiger partial charge in [-0.1, -0.05) is 6.42 Å². The van der Waals surface area contributed by atoms with Gasteiger partial charge in [0.15, 0.2) is 0 Å². The van der Waals surface area contributed by atoms with Crippen molar-refractivity contribution in [3.63, 3.8) is 0 Å². The number of carbonyl (C=O) groups is 1. The summed E-state index contributed by atoms with van der Waals surface area (Å²) in [5, 5.41) is 8.14. The summed E-state index contributed by atoms with van der Waals surface area (Å²) < 4.78 is 1.99. The molecule has 1 amide bonds. The van der Waals surface area contributed by atoms with E-state index in [1.54, 1.807) is 0 Å². The molecule has 0 aliphatic carbocycles. The van der Waals surface area contributed by atoms with Gasteiger partial charge in [0, 0.05) is 43.4 Å². The molecule has 2 atom stereocenters. The van der Waals surface area contributed by atoms with Gasteiger partial charge in [0.05, 0.1) is 23.5 Å². The van der Waals surface area contributed by atoms with Gasteiger partial charge in [-0.3, -0.25) is 9.48 Å². The van der Waals surface area contributed by atoms with Crippen LogP contribution in [0.4, 0.5) is 0 Å². The third-order valence-electron chi connectivity index (χ3n) is 6.50. The fourth-order valence-corrected chi connectivity index (χ4v) is 4.43. The number of carbonyl (C=O) groups excluding carboxylic acids is 1. The number of nitrogens with one attached hydrogen (secondary N) is 1. The minimum absolute atomic E-state index is 0.0484. The first kappa shape index (κ1) is 20.0. The summed E-state index contributed by atoms with van der Waals surface area (Å²) in [5.74, 6) is 1.09. The van der Waals surface area contributed by atoms with Gasteiger partial charge in [-0.2, -0.15) is 5.10 Å². The van der Waals surface area contributed by atoms with Crippen molar-refractivity contribution in [1.29, 1.82) is 0 Å². The summed E-state index contributed by atoms with van der Waals surface area (Å²) in [6, 6.07) is 0.325. The van der Waals surface area contributed by atoms with Gasteiger partial charge in [-0.15, -0.1) is 0 Å². The Kier molecular flexibility index (Phi) is 5.67. The Morgan fingerprint density at radius 1 is 1.31 bits per heavy atom. The van der Waals surface area contributed by atoms with Crippen LogP contribution in [-0.2, 0) is 17.8 Å². The fourth-order valence-electron chi connectivity index (χ4n) is 4.43. The van der Waals surface area contributed by atoms with Crippen LogP contribution in [0.25, 0.3) is 0 Å². The zero-order valence-corrected chi connectivity index (χ0v) is 18.0. The van der Waals surface area contributed by atoms with E-state index in [0.717, 1.165) is 54.4 Å². The van der Waals surface area contributed by atoms with Gasteiger partial charge in [-0.05, 0) is 52.6 Å². The van der Waals surface area contributed by atoms with Crippen LogP contribution in [0.1, 0.15) is 78.7 Å². The highest BCUT2D eigenvalue weighted by molar-refractivity contribution is 5.77. The molecule has 0 aromatic carbocycles. The largest absolute Gasteiger partial charge is 0.338 e. The summed E-state index contributed by atoms with van der Waals surface area (Å²) in [5.41, 5.74) is 5.57. The number of hydrogen-bond acceptors (Lipinski definition) is 5. The number of aryl methyl sites for hydroxylation is 1. The first-order valence-corrected chi connectivity index (χ1v) is 10.8. The van der Waals surface area contributed by atoms with Crippen molar-refractivity contribution in [2.45, 2.75) is 78.4 Å². The van der Waals surface area contributed by atoms with Crippen LogP contribution in [0, 0.1) is 20.8 Å². The van der Waals surface area contributed by atoms with Crippen molar-refractivity contribution in [3.05, 3.63) is 40.2 Å². The van der Waals surface area contributed by atoms with Crippen LogP contribution in [0.5, 0.6) is 0 Å². The van der Waals surface area contributed by atoms with Crippen molar-refractivity contribution in [2.24, 2.45) is 0 Å². The lowest BCUT2D eigenvalue weighted by Gasteiger charge is -2.30. The molecular weight excluding hydrogens is 364 g/mol. The first-order valence-electron chi connectivity index (χ1n) is 10.8. The van der Waals surface area contributed by atoms with E-state index in [2.05, 4.69) is 36.2 Å². The molecule has 1 saturated heterocycles. The second kappa shape index (κ2) is 8.22. The third kappa shape index (κ3) is 4.06. The molecular formula is C22H32N6O. The lowest BCUT2D eigenvalue weighted by molar-refractivity contribution is -0.133. The molecule has 0 radical (unpaired) electrons. The van der Waals surface area contributed by atoms with Crippen LogP contribution in [0.15, 0.2) is 6.20 Å². The highest BCUT2D eigenvalue weighted by atomic mass is 16.2. The Hall–Kier alpha value is -2.28. The molecule has 2 aromatic heterocycles. The lowest BCUT2D eigenvalue weighted by atomic mass is 10.0. The monoisotopic (exact) mass is 396 g/mol. The molecule has 7 nitrogen and oxygen atoms in total. The third-order valence-corrected chi connectivity index (χ3v) is 6.50. The zero-order chi connectivity index (χ0) is 20.5. The van der Waals surface area contributed by atoms with E-state index in [1.807, 2.05) is 22.7 Å². The smallest absolute Gasteiger partial charge is 0.225 e. The maximum absolute atomic E-state index is 12.9. The van der Waals surface area contributed by atoms with E-state index in [4.69, 9.17) is 4.98 Å². The number of hydrogen-bond donors (Lipinski definition) is 1. The van der Waals surface area contributed by atoms with Crippen LogP contribution in [0.2, 0.25) is 0 Å². The average Bonchev–Trinajstić information content (AvgIpc) is 3.01. The van der Waals surface area contributed by atoms with Crippen LogP contribution in [-0.4, -0.2) is 43.6 Å². The Morgan fingerprint density at radius 3 is 2.83 bits per heavy atom. The van der Waals surface area contributed by atoms with Gasteiger partial charge in [0.1, 0.15) is 5.82 Å². The van der Waals surface area contributed by atoms with Crippen molar-refractivity contribution in [3.8, 4) is 0 Å². The van der Waals surface area contributed by atoms with Gasteiger partial charge in [0.2, 0.25) is 5.91 Å². The standard InChI is InChI=1S/C22H32N6O/c1-14(28-17(4)15(2)16(3)26-28)11-21(29)27-10-8-19-18(13-27)12-24-22(25-19)20-7-5-6-9-23-20/h12,14,20,23H,5-11,13H2,1-4H3/t14-,20+/m1/s1. The predicted octanol–water partition coefficient (Wildman–Crippen LogP) is 2.95. The number of piperidine rings is 1. The normalized spacial score (nSPS) is 20.4. The average molecular weight is 397 g/mol. The predicted molar refractivity (Wildman–Crippen MR) is 112 cm³/mol. The molecule has 2 aliphatic rings. The Balaban J connectivity index is 1.41. The number of amides is 1. The zero-order valence-electron chi connectivity index (χ0n) is 18.0. The molecule has 2 aromatic rings. The molecule has 29 heavy (non-hydrogen) atoms. The highest BCUT2D eigenvalue weighted by Gasteiger charge is 2.26. The summed E-state index contributed by atoms with van der Waals surface area (Å²) in [6.45, 7) is 10.6. The first-order chi connectivity index (χ1) is 13.9. The summed E-state index contributed by atoms with van der Waals surface area (Å²) in [6.07, 6.45) is 6.76. The molecule has 0 bridgehead atoms. The number of rotatable bonds is 4. The Labute approximate surface area is 172 Å². The van der Waals surface area contributed by atoms with Crippen molar-refractivity contribution >= 4 is 5.91 Å². The summed E-state index contributed by atoms with van der Waals surface area (Å²) in [7, 11) is 0. The van der Waals surface area contributed by atoms with Gasteiger partial charge in [0.25, 0.3) is 0 Å². The summed E-state index contributed by atoms with van der Waals surface area (Å²) >= 11 is 0. The highest BCUT2D eigenvalue weighted by Crippen LogP contribution is 2.25. The lowest BCUT2D eigenvalue weighted by Crippen LogP contribution is -2.38. The minimum Gasteiger partial charge on any atom is -0.338 e. The molecule has 7 heteroatoms. The van der Waals surface area contributed by atoms with Crippen LogP contribution >= 0.6 is 0 Å². The van der Waals surface area contributed by atoms with E-state index in [-0.39, 0.29) is 18.0 Å². The molecule has 0 unspecified atom stereocenters. The van der Waals surface area contributed by atoms with E-state index in [0.29, 0.717) is 13.0 Å². The number of aromatic nitrogens is 4. The van der Waals surface area contributed by atoms with Gasteiger partial charge < -0.3 is 10.2 Å². The molecule has 4 rings (SSSR count). The minimum atomic E-state index is 0.0484. The maximum Gasteiger partial charge on any atom is 0.225 e. The number of fused-ring (bicyclic) bond motifs is 1. The Morgan fingerprint density at radius 2 is 2.14 bits per heavy atom. The van der Waals surface area contributed by atoms with Crippen molar-refractivity contribution < 1.29 is 4.79 Å². The molecule has 0 spiro atoms. The quantitative estimate of drug-likeness (QED) is 0.860. The maximum atomic E-state index is 12.9. The van der Waals surface area contributed by atoms with Gasteiger partial charge in [-0.25, -0.2) is 9.97 Å². The molecule has 1 fully saturated rings. The topological polar surface area (TPSA) is 75.9 Å². The molecule has 2 aliphatic heterocycles. The van der Waals surface area contributed by atoms with E-state index in [9.17, 15) is 4.79 Å². The van der Waals surface area contributed by atoms with Crippen molar-refractivity contribution in [2.75, 3.05) is 13.1 Å². The molecule has 0 saturated carbocycles. The molecule has 4 heterocycles. The number of nitrogens with zero attached hydrogens (tertiary/aromatic N) is 5. The van der Waals surface area contributed by atoms with E-state index < -0.39 is 0 Å². The van der Waals surface area contributed by atoms with Crippen LogP contribution < -0.4 is 5.32 Å². The SMILES string of the molecule is Cc1nn([C@H](C)CC(=O)N2CCc3nc([C@@H]4CCCCN4)ncc3C2)c(C)c1C. The van der Waals surface area contributed by atoms with Gasteiger partial charge >= 0.3 is 0 Å².